The molecule has 0 bridgehead atoms. The van der Waals surface area contributed by atoms with Crippen LogP contribution in [0, 0.1) is 0 Å². The molecule has 11 heteroatoms. The van der Waals surface area contributed by atoms with Crippen molar-refractivity contribution in [2.75, 3.05) is 19.7 Å². The minimum absolute atomic E-state index is 0.113. The van der Waals surface area contributed by atoms with Gasteiger partial charge in [-0.15, -0.1) is 0 Å². The molecule has 0 aliphatic carbocycles. The van der Waals surface area contributed by atoms with E-state index >= 15 is 0 Å². The number of carbonyl (C=O) groups excluding carboxylic acids is 2. The van der Waals surface area contributed by atoms with Gasteiger partial charge in [0, 0.05) is 6.54 Å². The summed E-state index contributed by atoms with van der Waals surface area (Å²) in [7, 11) is -3.90. The largest absolute Gasteiger partial charge is 0.484 e. The summed E-state index contributed by atoms with van der Waals surface area (Å²) in [5.74, 6) is 0.266. The Morgan fingerprint density at radius 1 is 0.878 bits per heavy atom. The van der Waals surface area contributed by atoms with Crippen LogP contribution in [-0.4, -0.2) is 50.4 Å². The Bertz CT molecular complexity index is 1530. The fourth-order valence-electron chi connectivity index (χ4n) is 3.75. The third-order valence-corrected chi connectivity index (χ3v) is 7.75. The summed E-state index contributed by atoms with van der Waals surface area (Å²) in [6.45, 7) is -0.146. The minimum atomic E-state index is -3.90. The van der Waals surface area contributed by atoms with Gasteiger partial charge < -0.3 is 14.5 Å². The first-order chi connectivity index (χ1) is 19.9. The van der Waals surface area contributed by atoms with E-state index in [1.807, 2.05) is 30.3 Å². The van der Waals surface area contributed by atoms with Gasteiger partial charge in [0.05, 0.1) is 30.5 Å². The van der Waals surface area contributed by atoms with Gasteiger partial charge in [-0.1, -0.05) is 48.5 Å². The Morgan fingerprint density at radius 3 is 2.27 bits per heavy atom. The average Bonchev–Trinajstić information content (AvgIpc) is 3.52. The van der Waals surface area contributed by atoms with Crippen LogP contribution in [0.4, 0.5) is 0 Å². The Hall–Kier alpha value is -4.74. The highest BCUT2D eigenvalue weighted by molar-refractivity contribution is 7.89. The third kappa shape index (κ3) is 9.16. The van der Waals surface area contributed by atoms with Gasteiger partial charge in [0.25, 0.3) is 11.8 Å². The molecule has 0 unspecified atom stereocenters. The van der Waals surface area contributed by atoms with Crippen molar-refractivity contribution in [3.8, 4) is 5.75 Å². The zero-order chi connectivity index (χ0) is 28.9. The van der Waals surface area contributed by atoms with Gasteiger partial charge in [-0.25, -0.2) is 13.8 Å². The Balaban J connectivity index is 1.28. The summed E-state index contributed by atoms with van der Waals surface area (Å²) >= 11 is 0. The van der Waals surface area contributed by atoms with Crippen molar-refractivity contribution in [3.63, 3.8) is 0 Å². The van der Waals surface area contributed by atoms with E-state index in [-0.39, 0.29) is 30.5 Å². The molecule has 212 valence electrons. The molecule has 0 saturated carbocycles. The molecular formula is C30H30N4O6S. The maximum absolute atomic E-state index is 13.3. The molecule has 2 N–H and O–H groups in total. The van der Waals surface area contributed by atoms with Crippen LogP contribution in [0.5, 0.6) is 5.75 Å². The van der Waals surface area contributed by atoms with Crippen LogP contribution in [0.2, 0.25) is 0 Å². The number of carbonyl (C=O) groups is 2. The lowest BCUT2D eigenvalue weighted by Gasteiger charge is -2.21. The molecule has 1 heterocycles. The van der Waals surface area contributed by atoms with Crippen molar-refractivity contribution in [2.45, 2.75) is 17.9 Å². The molecule has 0 saturated heterocycles. The highest BCUT2D eigenvalue weighted by Crippen LogP contribution is 2.16. The number of benzene rings is 3. The average molecular weight is 575 g/mol. The van der Waals surface area contributed by atoms with Gasteiger partial charge in [0.15, 0.2) is 6.61 Å². The topological polar surface area (TPSA) is 130 Å². The van der Waals surface area contributed by atoms with Crippen molar-refractivity contribution < 1.29 is 27.2 Å². The molecule has 0 spiro atoms. The zero-order valence-electron chi connectivity index (χ0n) is 22.2. The highest BCUT2D eigenvalue weighted by atomic mass is 32.2. The van der Waals surface area contributed by atoms with E-state index < -0.39 is 22.5 Å². The summed E-state index contributed by atoms with van der Waals surface area (Å²) in [5, 5.41) is 6.65. The van der Waals surface area contributed by atoms with Crippen molar-refractivity contribution in [1.82, 2.24) is 15.0 Å². The van der Waals surface area contributed by atoms with Crippen LogP contribution in [0.25, 0.3) is 0 Å². The molecule has 0 aliphatic rings. The number of hydrazone groups is 1. The van der Waals surface area contributed by atoms with E-state index in [1.165, 1.54) is 24.6 Å². The molecule has 2 amide bonds. The second-order valence-electron chi connectivity index (χ2n) is 8.89. The normalized spacial score (nSPS) is 11.4. The predicted molar refractivity (Wildman–Crippen MR) is 154 cm³/mol. The van der Waals surface area contributed by atoms with Crippen molar-refractivity contribution >= 4 is 28.1 Å². The maximum atomic E-state index is 13.3. The zero-order valence-corrected chi connectivity index (χ0v) is 23.0. The summed E-state index contributed by atoms with van der Waals surface area (Å²) in [4.78, 5) is 24.7. The molecule has 41 heavy (non-hydrogen) atoms. The number of amides is 2. The molecule has 0 aliphatic heterocycles. The van der Waals surface area contributed by atoms with Gasteiger partial charge in [0.2, 0.25) is 10.0 Å². The third-order valence-electron chi connectivity index (χ3n) is 5.89. The van der Waals surface area contributed by atoms with E-state index in [0.29, 0.717) is 23.5 Å². The van der Waals surface area contributed by atoms with E-state index in [1.54, 1.807) is 54.6 Å². The number of hydrogen-bond donors (Lipinski definition) is 2. The lowest BCUT2D eigenvalue weighted by molar-refractivity contribution is -0.123. The molecule has 3 aromatic carbocycles. The molecule has 10 nitrogen and oxygen atoms in total. The van der Waals surface area contributed by atoms with Crippen molar-refractivity contribution in [2.24, 2.45) is 5.10 Å². The lowest BCUT2D eigenvalue weighted by Crippen LogP contribution is -2.40. The van der Waals surface area contributed by atoms with Crippen LogP contribution >= 0.6 is 0 Å². The molecule has 0 atom stereocenters. The number of sulfonamides is 1. The fourth-order valence-corrected chi connectivity index (χ4v) is 5.17. The van der Waals surface area contributed by atoms with Crippen LogP contribution in [0.1, 0.15) is 16.9 Å². The summed E-state index contributed by atoms with van der Waals surface area (Å²) in [5.41, 5.74) is 4.02. The van der Waals surface area contributed by atoms with Gasteiger partial charge in [-0.3, -0.25) is 9.59 Å². The molecule has 0 radical (unpaired) electrons. The number of hydrogen-bond acceptors (Lipinski definition) is 7. The first-order valence-corrected chi connectivity index (χ1v) is 14.3. The van der Waals surface area contributed by atoms with Gasteiger partial charge in [-0.2, -0.15) is 9.41 Å². The number of ether oxygens (including phenoxy) is 1. The first-order valence-electron chi connectivity index (χ1n) is 12.8. The predicted octanol–water partition coefficient (Wildman–Crippen LogP) is 3.36. The number of furan rings is 1. The van der Waals surface area contributed by atoms with Crippen LogP contribution in [-0.2, 0) is 32.6 Å². The van der Waals surface area contributed by atoms with E-state index in [9.17, 15) is 18.0 Å². The maximum Gasteiger partial charge on any atom is 0.258 e. The number of nitrogens with one attached hydrogen (secondary N) is 2. The van der Waals surface area contributed by atoms with E-state index in [0.717, 1.165) is 9.87 Å². The molecule has 0 fully saturated rings. The smallest absolute Gasteiger partial charge is 0.258 e. The monoisotopic (exact) mass is 574 g/mol. The Labute approximate surface area is 238 Å². The van der Waals surface area contributed by atoms with E-state index in [4.69, 9.17) is 9.15 Å². The summed E-state index contributed by atoms with van der Waals surface area (Å²) in [6.07, 6.45) is 3.41. The minimum Gasteiger partial charge on any atom is -0.484 e. The lowest BCUT2D eigenvalue weighted by atomic mass is 10.1. The SMILES string of the molecule is O=C(COc1ccc(/C=N\NC(=O)CN(CCc2ccccc2)S(=O)(=O)c2ccccc2)cc1)NCc1ccco1. The van der Waals surface area contributed by atoms with Crippen molar-refractivity contribution in [1.29, 1.82) is 0 Å². The number of rotatable bonds is 14. The molecule has 4 aromatic rings. The first kappa shape index (κ1) is 29.2. The van der Waals surface area contributed by atoms with Crippen LogP contribution in [0.3, 0.4) is 0 Å². The van der Waals surface area contributed by atoms with Gasteiger partial charge >= 0.3 is 0 Å². The van der Waals surface area contributed by atoms with Gasteiger partial charge in [0.1, 0.15) is 11.5 Å². The highest BCUT2D eigenvalue weighted by Gasteiger charge is 2.26. The molecule has 4 rings (SSSR count). The van der Waals surface area contributed by atoms with Crippen LogP contribution < -0.4 is 15.5 Å². The standard InChI is InChI=1S/C30H30N4O6S/c35-29(22-34(18-17-24-8-3-1-4-9-24)41(37,38)28-11-5-2-6-12-28)33-32-20-25-13-15-26(16-14-25)40-23-30(36)31-21-27-10-7-19-39-27/h1-16,19-20H,17-18,21-23H2,(H,31,36)(H,33,35)/b32-20-. The second-order valence-corrected chi connectivity index (χ2v) is 10.8. The van der Waals surface area contributed by atoms with Crippen molar-refractivity contribution in [3.05, 3.63) is 120 Å². The summed E-state index contributed by atoms with van der Waals surface area (Å²) < 4.78 is 38.3. The number of nitrogens with zero attached hydrogens (tertiary/aromatic N) is 2. The second kappa shape index (κ2) is 14.6. The van der Waals surface area contributed by atoms with Gasteiger partial charge in [-0.05, 0) is 66.1 Å². The molecular weight excluding hydrogens is 544 g/mol. The van der Waals surface area contributed by atoms with Crippen LogP contribution in [0.15, 0.2) is 118 Å². The fraction of sp³-hybridized carbons (Fsp3) is 0.167. The Kier molecular flexibility index (Phi) is 10.4. The quantitative estimate of drug-likeness (QED) is 0.176. The van der Waals surface area contributed by atoms with E-state index in [2.05, 4.69) is 15.8 Å². The Morgan fingerprint density at radius 2 is 1.59 bits per heavy atom. The molecule has 1 aromatic heterocycles. The summed E-state index contributed by atoms with van der Waals surface area (Å²) in [6, 6.07) is 27.7.